The summed E-state index contributed by atoms with van der Waals surface area (Å²) in [4.78, 5) is 0. The standard InChI is InChI=1S/C20H34OSi/c1-7-8-10-15-19(21-22(5,6)20(2,3)4)17-16-18-13-11-9-12-14-18/h8-14,19H,7,15-17H2,1-6H3/b10-8-/t19-/m0/s1. The molecule has 0 unspecified atom stereocenters. The summed E-state index contributed by atoms with van der Waals surface area (Å²) in [5, 5.41) is 0.270. The van der Waals surface area contributed by atoms with E-state index >= 15 is 0 Å². The molecular weight excluding hydrogens is 284 g/mol. The predicted molar refractivity (Wildman–Crippen MR) is 101 cm³/mol. The maximum atomic E-state index is 6.66. The Morgan fingerprint density at radius 1 is 1.09 bits per heavy atom. The summed E-state index contributed by atoms with van der Waals surface area (Å²) < 4.78 is 6.66. The van der Waals surface area contributed by atoms with Crippen molar-refractivity contribution in [3.05, 3.63) is 48.0 Å². The van der Waals surface area contributed by atoms with Crippen LogP contribution in [0.15, 0.2) is 42.5 Å². The van der Waals surface area contributed by atoms with Crippen LogP contribution in [0.25, 0.3) is 0 Å². The average molecular weight is 319 g/mol. The van der Waals surface area contributed by atoms with Gasteiger partial charge in [0.2, 0.25) is 0 Å². The molecule has 0 radical (unpaired) electrons. The molecule has 1 aromatic carbocycles. The van der Waals surface area contributed by atoms with Crippen molar-refractivity contribution in [1.29, 1.82) is 0 Å². The van der Waals surface area contributed by atoms with E-state index in [0.29, 0.717) is 6.10 Å². The minimum absolute atomic E-state index is 0.270. The lowest BCUT2D eigenvalue weighted by atomic mass is 10.0. The predicted octanol–water partition coefficient (Wildman–Crippen LogP) is 6.37. The van der Waals surface area contributed by atoms with Crippen molar-refractivity contribution in [2.24, 2.45) is 0 Å². The van der Waals surface area contributed by atoms with E-state index in [1.807, 2.05) is 0 Å². The number of allylic oxidation sites excluding steroid dienone is 1. The zero-order valence-corrected chi connectivity index (χ0v) is 16.4. The van der Waals surface area contributed by atoms with Crippen molar-refractivity contribution in [3.63, 3.8) is 0 Å². The molecule has 0 aliphatic rings. The smallest absolute Gasteiger partial charge is 0.192 e. The molecule has 0 aromatic heterocycles. The summed E-state index contributed by atoms with van der Waals surface area (Å²) in [6.45, 7) is 13.8. The Kier molecular flexibility index (Phi) is 7.57. The van der Waals surface area contributed by atoms with E-state index in [0.717, 1.165) is 25.7 Å². The summed E-state index contributed by atoms with van der Waals surface area (Å²) >= 11 is 0. The molecule has 22 heavy (non-hydrogen) atoms. The third-order valence-corrected chi connectivity index (χ3v) is 9.20. The molecular formula is C20H34OSi. The Morgan fingerprint density at radius 3 is 2.27 bits per heavy atom. The SMILES string of the molecule is CC/C=C\C[C@@H](CCc1ccccc1)O[Si](C)(C)C(C)(C)C. The van der Waals surface area contributed by atoms with Gasteiger partial charge < -0.3 is 4.43 Å². The van der Waals surface area contributed by atoms with Gasteiger partial charge in [0.25, 0.3) is 0 Å². The lowest BCUT2D eigenvalue weighted by Crippen LogP contribution is -2.44. The van der Waals surface area contributed by atoms with Crippen molar-refractivity contribution in [1.82, 2.24) is 0 Å². The summed E-state index contributed by atoms with van der Waals surface area (Å²) in [6, 6.07) is 10.7. The first-order valence-corrected chi connectivity index (χ1v) is 11.5. The van der Waals surface area contributed by atoms with Crippen molar-refractivity contribution < 1.29 is 4.43 Å². The molecule has 1 atom stereocenters. The molecule has 0 amide bonds. The molecule has 0 saturated carbocycles. The zero-order chi connectivity index (χ0) is 16.6. The maximum Gasteiger partial charge on any atom is 0.192 e. The van der Waals surface area contributed by atoms with E-state index in [2.05, 4.69) is 83.3 Å². The van der Waals surface area contributed by atoms with Crippen LogP contribution in [0.1, 0.15) is 52.5 Å². The van der Waals surface area contributed by atoms with Crippen LogP contribution in [0.3, 0.4) is 0 Å². The Balaban J connectivity index is 2.69. The van der Waals surface area contributed by atoms with Gasteiger partial charge in [-0.3, -0.25) is 0 Å². The van der Waals surface area contributed by atoms with Crippen LogP contribution in [-0.2, 0) is 10.8 Å². The number of rotatable bonds is 8. The first-order chi connectivity index (χ1) is 10.3. The summed E-state index contributed by atoms with van der Waals surface area (Å²) in [5.74, 6) is 0. The quantitative estimate of drug-likeness (QED) is 0.400. The highest BCUT2D eigenvalue weighted by atomic mass is 28.4. The third-order valence-electron chi connectivity index (χ3n) is 4.67. The molecule has 0 N–H and O–H groups in total. The van der Waals surface area contributed by atoms with Crippen LogP contribution in [0, 0.1) is 0 Å². The van der Waals surface area contributed by atoms with Crippen molar-refractivity contribution >= 4 is 8.32 Å². The van der Waals surface area contributed by atoms with Gasteiger partial charge in [0, 0.05) is 6.10 Å². The first-order valence-electron chi connectivity index (χ1n) is 8.63. The van der Waals surface area contributed by atoms with Gasteiger partial charge in [0.15, 0.2) is 8.32 Å². The normalized spacial score (nSPS) is 14.5. The fourth-order valence-corrected chi connectivity index (χ4v) is 3.61. The minimum atomic E-state index is -1.70. The highest BCUT2D eigenvalue weighted by Gasteiger charge is 2.38. The molecule has 0 spiro atoms. The van der Waals surface area contributed by atoms with E-state index in [9.17, 15) is 0 Å². The lowest BCUT2D eigenvalue weighted by molar-refractivity contribution is 0.174. The molecule has 2 heteroatoms. The molecule has 0 saturated heterocycles. The van der Waals surface area contributed by atoms with Gasteiger partial charge >= 0.3 is 0 Å². The second-order valence-electron chi connectivity index (χ2n) is 7.64. The second kappa shape index (κ2) is 8.69. The highest BCUT2D eigenvalue weighted by Crippen LogP contribution is 2.38. The van der Waals surface area contributed by atoms with E-state index in [-0.39, 0.29) is 5.04 Å². The maximum absolute atomic E-state index is 6.66. The summed E-state index contributed by atoms with van der Waals surface area (Å²) in [7, 11) is -1.70. The van der Waals surface area contributed by atoms with Crippen LogP contribution >= 0.6 is 0 Å². The molecule has 0 heterocycles. The van der Waals surface area contributed by atoms with Crippen molar-refractivity contribution in [2.75, 3.05) is 0 Å². The molecule has 0 fully saturated rings. The number of aryl methyl sites for hydroxylation is 1. The Morgan fingerprint density at radius 2 is 1.73 bits per heavy atom. The number of benzene rings is 1. The Labute approximate surface area is 138 Å². The van der Waals surface area contributed by atoms with Gasteiger partial charge in [-0.2, -0.15) is 0 Å². The van der Waals surface area contributed by atoms with Gasteiger partial charge in [-0.25, -0.2) is 0 Å². The van der Waals surface area contributed by atoms with E-state index in [1.165, 1.54) is 5.56 Å². The molecule has 1 nitrogen and oxygen atoms in total. The van der Waals surface area contributed by atoms with Crippen molar-refractivity contribution in [2.45, 2.75) is 77.6 Å². The topological polar surface area (TPSA) is 9.23 Å². The van der Waals surface area contributed by atoms with Crippen LogP contribution in [0.4, 0.5) is 0 Å². The third kappa shape index (κ3) is 6.49. The van der Waals surface area contributed by atoms with E-state index in [1.54, 1.807) is 0 Å². The largest absolute Gasteiger partial charge is 0.414 e. The minimum Gasteiger partial charge on any atom is -0.414 e. The Hall–Kier alpha value is -0.863. The summed E-state index contributed by atoms with van der Waals surface area (Å²) in [5.41, 5.74) is 1.41. The second-order valence-corrected chi connectivity index (χ2v) is 12.4. The molecule has 0 aliphatic carbocycles. The molecule has 124 valence electrons. The zero-order valence-electron chi connectivity index (χ0n) is 15.4. The summed E-state index contributed by atoms with van der Waals surface area (Å²) in [6.07, 6.45) is 9.22. The molecule has 1 aromatic rings. The Bertz CT molecular complexity index is 443. The van der Waals surface area contributed by atoms with E-state index in [4.69, 9.17) is 4.43 Å². The van der Waals surface area contributed by atoms with Gasteiger partial charge in [0.1, 0.15) is 0 Å². The van der Waals surface area contributed by atoms with Gasteiger partial charge in [0.05, 0.1) is 0 Å². The van der Waals surface area contributed by atoms with Gasteiger partial charge in [-0.15, -0.1) is 0 Å². The first kappa shape index (κ1) is 19.2. The monoisotopic (exact) mass is 318 g/mol. The fourth-order valence-electron chi connectivity index (χ4n) is 2.21. The van der Waals surface area contributed by atoms with Gasteiger partial charge in [-0.1, -0.05) is 70.2 Å². The lowest BCUT2D eigenvalue weighted by Gasteiger charge is -2.39. The highest BCUT2D eigenvalue weighted by molar-refractivity contribution is 6.74. The van der Waals surface area contributed by atoms with Crippen LogP contribution in [0.5, 0.6) is 0 Å². The number of hydrogen-bond donors (Lipinski definition) is 0. The average Bonchev–Trinajstić information content (AvgIpc) is 2.44. The van der Waals surface area contributed by atoms with Crippen LogP contribution in [0.2, 0.25) is 18.1 Å². The molecule has 0 aliphatic heterocycles. The molecule has 1 rings (SSSR count). The number of hydrogen-bond acceptors (Lipinski definition) is 1. The molecule has 0 bridgehead atoms. The van der Waals surface area contributed by atoms with E-state index < -0.39 is 8.32 Å². The van der Waals surface area contributed by atoms with Crippen LogP contribution in [-0.4, -0.2) is 14.4 Å². The van der Waals surface area contributed by atoms with Crippen LogP contribution < -0.4 is 0 Å². The fraction of sp³-hybridized carbons (Fsp3) is 0.600. The van der Waals surface area contributed by atoms with Crippen molar-refractivity contribution in [3.8, 4) is 0 Å². The van der Waals surface area contributed by atoms with Gasteiger partial charge in [-0.05, 0) is 49.4 Å².